The molecular weight excluding hydrogens is 168 g/mol. The average molecular weight is 176 g/mol. The molecule has 1 aromatic heterocycles. The first-order valence-electron chi connectivity index (χ1n) is 3.86. The highest BCUT2D eigenvalue weighted by Crippen LogP contribution is 2.20. The van der Waals surface area contributed by atoms with E-state index in [1.165, 1.54) is 7.11 Å². The van der Waals surface area contributed by atoms with E-state index < -0.39 is 0 Å². The van der Waals surface area contributed by atoms with E-state index in [1.54, 1.807) is 24.7 Å². The smallest absolute Gasteiger partial charge is 0.338 e. The highest BCUT2D eigenvalue weighted by molar-refractivity contribution is 6.03. The molecule has 0 amide bonds. The monoisotopic (exact) mass is 176 g/mol. The van der Waals surface area contributed by atoms with Crippen LogP contribution in [0.5, 0.6) is 0 Å². The second-order valence-corrected chi connectivity index (χ2v) is 2.67. The fourth-order valence-corrected chi connectivity index (χ4v) is 1.28. The molecule has 2 aromatic rings. The zero-order chi connectivity index (χ0) is 9.26. The second kappa shape index (κ2) is 2.94. The molecule has 0 spiro atoms. The van der Waals surface area contributed by atoms with Crippen molar-refractivity contribution in [3.8, 4) is 0 Å². The lowest BCUT2D eigenvalue weighted by molar-refractivity contribution is 0.0603. The summed E-state index contributed by atoms with van der Waals surface area (Å²) in [7, 11) is 1.36. The average Bonchev–Trinajstić information content (AvgIpc) is 2.63. The van der Waals surface area contributed by atoms with Crippen LogP contribution in [0.15, 0.2) is 35.1 Å². The van der Waals surface area contributed by atoms with Crippen molar-refractivity contribution in [3.63, 3.8) is 0 Å². The molecule has 0 aliphatic rings. The van der Waals surface area contributed by atoms with Crippen molar-refractivity contribution in [1.82, 2.24) is 0 Å². The molecular formula is C10H8O3. The van der Waals surface area contributed by atoms with Crippen LogP contribution in [-0.4, -0.2) is 13.1 Å². The van der Waals surface area contributed by atoms with Crippen molar-refractivity contribution in [2.45, 2.75) is 0 Å². The summed E-state index contributed by atoms with van der Waals surface area (Å²) in [6.07, 6.45) is 3.14. The Morgan fingerprint density at radius 2 is 2.23 bits per heavy atom. The Balaban J connectivity index is 2.67. The van der Waals surface area contributed by atoms with Crippen molar-refractivity contribution in [2.24, 2.45) is 0 Å². The summed E-state index contributed by atoms with van der Waals surface area (Å²) in [6, 6.07) is 5.39. The summed E-state index contributed by atoms with van der Waals surface area (Å²) in [5.41, 5.74) is 0.536. The number of rotatable bonds is 1. The van der Waals surface area contributed by atoms with Gasteiger partial charge in [-0.1, -0.05) is 12.1 Å². The fraction of sp³-hybridized carbons (Fsp3) is 0.100. The van der Waals surface area contributed by atoms with Gasteiger partial charge in [-0.25, -0.2) is 4.79 Å². The third kappa shape index (κ3) is 1.18. The van der Waals surface area contributed by atoms with E-state index in [4.69, 9.17) is 4.42 Å². The van der Waals surface area contributed by atoms with Crippen molar-refractivity contribution in [1.29, 1.82) is 0 Å². The summed E-state index contributed by atoms with van der Waals surface area (Å²) in [5, 5.41) is 1.69. The molecule has 0 aliphatic heterocycles. The largest absolute Gasteiger partial charge is 0.471 e. The third-order valence-electron chi connectivity index (χ3n) is 1.93. The summed E-state index contributed by atoms with van der Waals surface area (Å²) < 4.78 is 9.63. The molecule has 1 heterocycles. The number of hydrogen-bond donors (Lipinski definition) is 0. The minimum Gasteiger partial charge on any atom is -0.471 e. The highest BCUT2D eigenvalue weighted by atomic mass is 16.5. The molecule has 13 heavy (non-hydrogen) atoms. The minimum absolute atomic E-state index is 0.341. The first kappa shape index (κ1) is 7.86. The van der Waals surface area contributed by atoms with Gasteiger partial charge in [0.1, 0.15) is 0 Å². The van der Waals surface area contributed by atoms with Gasteiger partial charge in [0.2, 0.25) is 0 Å². The summed E-state index contributed by atoms with van der Waals surface area (Å²) in [4.78, 5) is 11.3. The van der Waals surface area contributed by atoms with Crippen LogP contribution in [0.2, 0.25) is 0 Å². The Kier molecular flexibility index (Phi) is 1.77. The van der Waals surface area contributed by atoms with Gasteiger partial charge in [-0.15, -0.1) is 0 Å². The fourth-order valence-electron chi connectivity index (χ4n) is 1.28. The van der Waals surface area contributed by atoms with E-state index in [0.29, 0.717) is 5.56 Å². The SMILES string of the molecule is COC(=O)c1cccc2cocc12. The summed E-state index contributed by atoms with van der Waals surface area (Å²) in [6.45, 7) is 0. The van der Waals surface area contributed by atoms with Crippen molar-refractivity contribution in [3.05, 3.63) is 36.3 Å². The van der Waals surface area contributed by atoms with Crippen LogP contribution in [0.1, 0.15) is 10.4 Å². The number of esters is 1. The summed E-state index contributed by atoms with van der Waals surface area (Å²) >= 11 is 0. The van der Waals surface area contributed by atoms with Crippen LogP contribution >= 0.6 is 0 Å². The lowest BCUT2D eigenvalue weighted by atomic mass is 10.1. The Morgan fingerprint density at radius 3 is 3.00 bits per heavy atom. The van der Waals surface area contributed by atoms with Gasteiger partial charge in [0.15, 0.2) is 0 Å². The van der Waals surface area contributed by atoms with Gasteiger partial charge in [0, 0.05) is 10.8 Å². The lowest BCUT2D eigenvalue weighted by Gasteiger charge is -1.98. The number of carbonyl (C=O) groups is 1. The number of furan rings is 1. The number of fused-ring (bicyclic) bond motifs is 1. The maximum atomic E-state index is 11.3. The molecule has 0 N–H and O–H groups in total. The van der Waals surface area contributed by atoms with Crippen LogP contribution in [0.3, 0.4) is 0 Å². The van der Waals surface area contributed by atoms with Crippen molar-refractivity contribution >= 4 is 16.7 Å². The van der Waals surface area contributed by atoms with E-state index in [2.05, 4.69) is 4.74 Å². The Morgan fingerprint density at radius 1 is 1.38 bits per heavy atom. The first-order chi connectivity index (χ1) is 6.33. The number of hydrogen-bond acceptors (Lipinski definition) is 3. The van der Waals surface area contributed by atoms with Gasteiger partial charge in [-0.05, 0) is 6.07 Å². The molecule has 3 heteroatoms. The van der Waals surface area contributed by atoms with E-state index in [1.807, 2.05) is 6.07 Å². The molecule has 0 aliphatic carbocycles. The van der Waals surface area contributed by atoms with Gasteiger partial charge >= 0.3 is 5.97 Å². The maximum Gasteiger partial charge on any atom is 0.338 e. The van der Waals surface area contributed by atoms with Crippen LogP contribution in [0.4, 0.5) is 0 Å². The molecule has 66 valence electrons. The Hall–Kier alpha value is -1.77. The van der Waals surface area contributed by atoms with Gasteiger partial charge in [0.05, 0.1) is 25.2 Å². The van der Waals surface area contributed by atoms with Gasteiger partial charge in [-0.2, -0.15) is 0 Å². The topological polar surface area (TPSA) is 39.4 Å². The van der Waals surface area contributed by atoms with Gasteiger partial charge in [-0.3, -0.25) is 0 Å². The molecule has 0 bridgehead atoms. The van der Waals surface area contributed by atoms with E-state index in [0.717, 1.165) is 10.8 Å². The quantitative estimate of drug-likeness (QED) is 0.625. The van der Waals surface area contributed by atoms with Gasteiger partial charge < -0.3 is 9.15 Å². The standard InChI is InChI=1S/C10H8O3/c1-12-10(11)8-4-2-3-7-5-13-6-9(7)8/h2-6H,1H3. The van der Waals surface area contributed by atoms with Crippen LogP contribution in [0.25, 0.3) is 10.8 Å². The molecule has 0 saturated carbocycles. The normalized spacial score (nSPS) is 10.2. The van der Waals surface area contributed by atoms with Gasteiger partial charge in [0.25, 0.3) is 0 Å². The minimum atomic E-state index is -0.341. The molecule has 1 aromatic carbocycles. The number of benzene rings is 1. The predicted molar refractivity (Wildman–Crippen MR) is 47.6 cm³/mol. The van der Waals surface area contributed by atoms with E-state index >= 15 is 0 Å². The van der Waals surface area contributed by atoms with Crippen LogP contribution in [0, 0.1) is 0 Å². The zero-order valence-corrected chi connectivity index (χ0v) is 7.11. The highest BCUT2D eigenvalue weighted by Gasteiger charge is 2.10. The maximum absolute atomic E-state index is 11.3. The van der Waals surface area contributed by atoms with Crippen LogP contribution in [-0.2, 0) is 4.74 Å². The van der Waals surface area contributed by atoms with Crippen LogP contribution < -0.4 is 0 Å². The number of ether oxygens (including phenoxy) is 1. The second-order valence-electron chi connectivity index (χ2n) is 2.67. The lowest BCUT2D eigenvalue weighted by Crippen LogP contribution is -2.00. The molecule has 2 rings (SSSR count). The Bertz CT molecular complexity index is 442. The Labute approximate surface area is 74.9 Å². The number of methoxy groups -OCH3 is 1. The van der Waals surface area contributed by atoms with E-state index in [9.17, 15) is 4.79 Å². The molecule has 0 fully saturated rings. The molecule has 0 atom stereocenters. The third-order valence-corrected chi connectivity index (χ3v) is 1.93. The predicted octanol–water partition coefficient (Wildman–Crippen LogP) is 2.22. The van der Waals surface area contributed by atoms with E-state index in [-0.39, 0.29) is 5.97 Å². The molecule has 0 saturated heterocycles. The number of carbonyl (C=O) groups excluding carboxylic acids is 1. The molecule has 3 nitrogen and oxygen atoms in total. The first-order valence-corrected chi connectivity index (χ1v) is 3.86. The zero-order valence-electron chi connectivity index (χ0n) is 7.11. The van der Waals surface area contributed by atoms with Crippen molar-refractivity contribution < 1.29 is 13.9 Å². The van der Waals surface area contributed by atoms with Crippen molar-refractivity contribution in [2.75, 3.05) is 7.11 Å². The summed E-state index contributed by atoms with van der Waals surface area (Å²) in [5.74, 6) is -0.341. The molecule has 0 unspecified atom stereocenters. The molecule has 0 radical (unpaired) electrons.